The molecule has 0 amide bonds. The number of carbonyl (C=O) groups excluding carboxylic acids is 1. The first-order valence-corrected chi connectivity index (χ1v) is 5.17. The minimum atomic E-state index is 0.158. The standard InChI is InChI=1S/C10H15N3O/c1-7-2-4-8(5-3-7)10(14)9-6-11-13-12-9/h6-8H,2-5H2,1H3,(H,11,12,13). The Bertz CT molecular complexity index is 299. The van der Waals surface area contributed by atoms with Gasteiger partial charge in [-0.2, -0.15) is 15.4 Å². The maximum Gasteiger partial charge on any atom is 0.187 e. The molecule has 0 aliphatic heterocycles. The van der Waals surface area contributed by atoms with Gasteiger partial charge in [-0.15, -0.1) is 0 Å². The third-order valence-corrected chi connectivity index (χ3v) is 3.05. The Balaban J connectivity index is 1.99. The van der Waals surface area contributed by atoms with E-state index in [9.17, 15) is 4.79 Å². The fourth-order valence-corrected chi connectivity index (χ4v) is 2.05. The molecule has 4 nitrogen and oxygen atoms in total. The zero-order valence-corrected chi connectivity index (χ0v) is 8.36. The molecule has 2 rings (SSSR count). The van der Waals surface area contributed by atoms with E-state index < -0.39 is 0 Å². The maximum atomic E-state index is 11.8. The quantitative estimate of drug-likeness (QED) is 0.729. The molecule has 0 aromatic carbocycles. The Hall–Kier alpha value is -1.19. The number of hydrogen-bond acceptors (Lipinski definition) is 3. The lowest BCUT2D eigenvalue weighted by Crippen LogP contribution is -2.21. The Morgan fingerprint density at radius 2 is 2.14 bits per heavy atom. The van der Waals surface area contributed by atoms with Crippen molar-refractivity contribution < 1.29 is 4.79 Å². The molecule has 1 fully saturated rings. The molecular weight excluding hydrogens is 178 g/mol. The summed E-state index contributed by atoms with van der Waals surface area (Å²) in [5.74, 6) is 1.11. The van der Waals surface area contributed by atoms with Crippen LogP contribution in [0.5, 0.6) is 0 Å². The van der Waals surface area contributed by atoms with E-state index in [0.717, 1.165) is 31.6 Å². The fraction of sp³-hybridized carbons (Fsp3) is 0.700. The molecule has 0 bridgehead atoms. The van der Waals surface area contributed by atoms with Gasteiger partial charge in [0.2, 0.25) is 0 Å². The van der Waals surface area contributed by atoms with Crippen molar-refractivity contribution in [2.75, 3.05) is 0 Å². The van der Waals surface area contributed by atoms with Crippen molar-refractivity contribution in [3.63, 3.8) is 0 Å². The lowest BCUT2D eigenvalue weighted by molar-refractivity contribution is 0.0870. The highest BCUT2D eigenvalue weighted by Gasteiger charge is 2.26. The van der Waals surface area contributed by atoms with Crippen LogP contribution in [0.4, 0.5) is 0 Å². The molecule has 0 spiro atoms. The van der Waals surface area contributed by atoms with Crippen molar-refractivity contribution in [3.8, 4) is 0 Å². The van der Waals surface area contributed by atoms with Crippen LogP contribution in [0.1, 0.15) is 43.1 Å². The molecule has 14 heavy (non-hydrogen) atoms. The number of nitrogens with zero attached hydrogens (tertiary/aromatic N) is 2. The first-order chi connectivity index (χ1) is 6.77. The summed E-state index contributed by atoms with van der Waals surface area (Å²) in [5.41, 5.74) is 0.490. The van der Waals surface area contributed by atoms with Crippen LogP contribution in [0.2, 0.25) is 0 Å². The van der Waals surface area contributed by atoms with Gasteiger partial charge < -0.3 is 0 Å². The van der Waals surface area contributed by atoms with Crippen LogP contribution in [0.25, 0.3) is 0 Å². The number of carbonyl (C=O) groups is 1. The van der Waals surface area contributed by atoms with Gasteiger partial charge in [0, 0.05) is 5.92 Å². The molecule has 1 heterocycles. The molecule has 76 valence electrons. The highest BCUT2D eigenvalue weighted by Crippen LogP contribution is 2.29. The van der Waals surface area contributed by atoms with Gasteiger partial charge in [-0.05, 0) is 18.8 Å². The Morgan fingerprint density at radius 3 is 2.71 bits per heavy atom. The highest BCUT2D eigenvalue weighted by molar-refractivity contribution is 5.95. The molecule has 1 aliphatic carbocycles. The van der Waals surface area contributed by atoms with Gasteiger partial charge in [0.15, 0.2) is 5.78 Å². The summed E-state index contributed by atoms with van der Waals surface area (Å²) < 4.78 is 0. The molecule has 0 radical (unpaired) electrons. The Morgan fingerprint density at radius 1 is 1.43 bits per heavy atom. The molecular formula is C10H15N3O. The molecule has 1 aliphatic rings. The number of ketones is 1. The van der Waals surface area contributed by atoms with Crippen molar-refractivity contribution in [1.29, 1.82) is 0 Å². The maximum absolute atomic E-state index is 11.8. The topological polar surface area (TPSA) is 58.6 Å². The van der Waals surface area contributed by atoms with Gasteiger partial charge in [-0.25, -0.2) is 0 Å². The van der Waals surface area contributed by atoms with Gasteiger partial charge in [0.1, 0.15) is 5.69 Å². The van der Waals surface area contributed by atoms with Crippen LogP contribution in [0.15, 0.2) is 6.20 Å². The third-order valence-electron chi connectivity index (χ3n) is 3.05. The number of hydrogen-bond donors (Lipinski definition) is 1. The first kappa shape index (κ1) is 9.37. The number of aromatic nitrogens is 3. The minimum Gasteiger partial charge on any atom is -0.292 e. The highest BCUT2D eigenvalue weighted by atomic mass is 16.1. The van der Waals surface area contributed by atoms with E-state index >= 15 is 0 Å². The largest absolute Gasteiger partial charge is 0.292 e. The minimum absolute atomic E-state index is 0.158. The fourth-order valence-electron chi connectivity index (χ4n) is 2.05. The van der Waals surface area contributed by atoms with Crippen LogP contribution >= 0.6 is 0 Å². The molecule has 0 unspecified atom stereocenters. The second kappa shape index (κ2) is 3.90. The molecule has 4 heteroatoms. The summed E-state index contributed by atoms with van der Waals surface area (Å²) in [6.07, 6.45) is 5.85. The lowest BCUT2D eigenvalue weighted by Gasteiger charge is -2.24. The summed E-state index contributed by atoms with van der Waals surface area (Å²) in [5, 5.41) is 9.96. The summed E-state index contributed by atoms with van der Waals surface area (Å²) in [6, 6.07) is 0. The summed E-state index contributed by atoms with van der Waals surface area (Å²) in [7, 11) is 0. The Labute approximate surface area is 83.1 Å². The average molecular weight is 193 g/mol. The molecule has 1 aromatic heterocycles. The predicted molar refractivity (Wildman–Crippen MR) is 51.8 cm³/mol. The average Bonchev–Trinajstić information content (AvgIpc) is 2.71. The van der Waals surface area contributed by atoms with Crippen molar-refractivity contribution in [1.82, 2.24) is 15.4 Å². The van der Waals surface area contributed by atoms with E-state index in [2.05, 4.69) is 22.3 Å². The van der Waals surface area contributed by atoms with E-state index in [4.69, 9.17) is 0 Å². The number of Topliss-reactive ketones (excluding diaryl/α,β-unsaturated/α-hetero) is 1. The van der Waals surface area contributed by atoms with Crippen LogP contribution in [-0.4, -0.2) is 21.2 Å². The monoisotopic (exact) mass is 193 g/mol. The van der Waals surface area contributed by atoms with Crippen molar-refractivity contribution in [2.45, 2.75) is 32.6 Å². The molecule has 1 aromatic rings. The van der Waals surface area contributed by atoms with Gasteiger partial charge >= 0.3 is 0 Å². The van der Waals surface area contributed by atoms with Crippen LogP contribution < -0.4 is 0 Å². The van der Waals surface area contributed by atoms with E-state index in [1.807, 2.05) is 0 Å². The van der Waals surface area contributed by atoms with E-state index in [1.165, 1.54) is 6.20 Å². The number of aromatic amines is 1. The van der Waals surface area contributed by atoms with E-state index in [1.54, 1.807) is 0 Å². The van der Waals surface area contributed by atoms with E-state index in [0.29, 0.717) is 5.69 Å². The van der Waals surface area contributed by atoms with Gasteiger partial charge in [0.05, 0.1) is 6.20 Å². The zero-order chi connectivity index (χ0) is 9.97. The lowest BCUT2D eigenvalue weighted by atomic mass is 9.80. The summed E-state index contributed by atoms with van der Waals surface area (Å²) in [4.78, 5) is 11.8. The second-order valence-electron chi connectivity index (χ2n) is 4.18. The van der Waals surface area contributed by atoms with Gasteiger partial charge in [0.25, 0.3) is 0 Å². The SMILES string of the molecule is CC1CCC(C(=O)c2cn[nH]n2)CC1. The van der Waals surface area contributed by atoms with Crippen molar-refractivity contribution >= 4 is 5.78 Å². The molecule has 1 saturated carbocycles. The number of rotatable bonds is 2. The zero-order valence-electron chi connectivity index (χ0n) is 8.36. The molecule has 0 atom stereocenters. The summed E-state index contributed by atoms with van der Waals surface area (Å²) in [6.45, 7) is 2.25. The Kier molecular flexibility index (Phi) is 2.61. The smallest absolute Gasteiger partial charge is 0.187 e. The summed E-state index contributed by atoms with van der Waals surface area (Å²) >= 11 is 0. The number of nitrogens with one attached hydrogen (secondary N) is 1. The normalized spacial score (nSPS) is 27.5. The second-order valence-corrected chi connectivity index (χ2v) is 4.18. The van der Waals surface area contributed by atoms with Crippen LogP contribution in [-0.2, 0) is 0 Å². The van der Waals surface area contributed by atoms with Crippen LogP contribution in [0, 0.1) is 11.8 Å². The first-order valence-electron chi connectivity index (χ1n) is 5.17. The molecule has 1 N–H and O–H groups in total. The van der Waals surface area contributed by atoms with Crippen molar-refractivity contribution in [3.05, 3.63) is 11.9 Å². The predicted octanol–water partition coefficient (Wildman–Crippen LogP) is 1.81. The van der Waals surface area contributed by atoms with E-state index in [-0.39, 0.29) is 11.7 Å². The number of H-pyrrole nitrogens is 1. The molecule has 0 saturated heterocycles. The van der Waals surface area contributed by atoms with Crippen molar-refractivity contribution in [2.24, 2.45) is 11.8 Å². The van der Waals surface area contributed by atoms with Gasteiger partial charge in [-0.1, -0.05) is 19.8 Å². The van der Waals surface area contributed by atoms with Crippen LogP contribution in [0.3, 0.4) is 0 Å². The van der Waals surface area contributed by atoms with Gasteiger partial charge in [-0.3, -0.25) is 4.79 Å². The third kappa shape index (κ3) is 1.84.